The van der Waals surface area contributed by atoms with E-state index < -0.39 is 5.97 Å². The number of phenolic OH excluding ortho intramolecular Hbond substituents is 1. The minimum atomic E-state index is -0.701. The normalized spacial score (nSPS) is 10.8. The molecule has 5 nitrogen and oxygen atoms in total. The fourth-order valence-corrected chi connectivity index (χ4v) is 3.97. The summed E-state index contributed by atoms with van der Waals surface area (Å²) in [5, 5.41) is 18.9. The van der Waals surface area contributed by atoms with Crippen molar-refractivity contribution in [3.8, 4) is 17.2 Å². The van der Waals surface area contributed by atoms with Crippen molar-refractivity contribution in [3.05, 3.63) is 15.6 Å². The van der Waals surface area contributed by atoms with E-state index in [4.69, 9.17) is 14.6 Å². The summed E-state index contributed by atoms with van der Waals surface area (Å²) in [6.07, 6.45) is 9.77. The van der Waals surface area contributed by atoms with Crippen LogP contribution in [0.2, 0.25) is 0 Å². The van der Waals surface area contributed by atoms with E-state index in [2.05, 4.69) is 15.9 Å². The molecule has 0 aliphatic heterocycles. The molecule has 0 heterocycles. The summed E-state index contributed by atoms with van der Waals surface area (Å²) in [4.78, 5) is 10.4. The first-order chi connectivity index (χ1) is 12.4. The van der Waals surface area contributed by atoms with Crippen LogP contribution in [0.5, 0.6) is 17.2 Å². The molecule has 0 saturated heterocycles. The smallest absolute Gasteiger partial charge is 0.303 e. The van der Waals surface area contributed by atoms with Gasteiger partial charge in [-0.15, -0.1) is 0 Å². The first-order valence-electron chi connectivity index (χ1n) is 9.27. The molecule has 0 aliphatic carbocycles. The SMILES string of the molecule is COc1c(O)c(C)c(CCCCCCCCCCC(=O)O)c(Br)c1OC. The molecule has 2 N–H and O–H groups in total. The number of aliphatic carboxylic acids is 1. The molecule has 26 heavy (non-hydrogen) atoms. The van der Waals surface area contributed by atoms with E-state index >= 15 is 0 Å². The van der Waals surface area contributed by atoms with E-state index in [0.717, 1.165) is 54.1 Å². The maximum Gasteiger partial charge on any atom is 0.303 e. The van der Waals surface area contributed by atoms with Crippen molar-refractivity contribution in [3.63, 3.8) is 0 Å². The van der Waals surface area contributed by atoms with Crippen LogP contribution in [-0.2, 0) is 11.2 Å². The van der Waals surface area contributed by atoms with Gasteiger partial charge in [-0.05, 0) is 53.2 Å². The standard InChI is InChI=1S/C20H31BrO5/c1-14-15(17(21)19(25-2)20(26-3)18(14)24)12-10-8-6-4-5-7-9-11-13-16(22)23/h24H,4-13H2,1-3H3,(H,22,23). The third kappa shape index (κ3) is 6.71. The van der Waals surface area contributed by atoms with Crippen molar-refractivity contribution in [1.82, 2.24) is 0 Å². The second-order valence-corrected chi connectivity index (χ2v) is 7.35. The quantitative estimate of drug-likeness (QED) is 0.397. The first kappa shape index (κ1) is 22.6. The highest BCUT2D eigenvalue weighted by molar-refractivity contribution is 9.10. The van der Waals surface area contributed by atoms with E-state index in [1.807, 2.05) is 6.92 Å². The lowest BCUT2D eigenvalue weighted by molar-refractivity contribution is -0.137. The molecule has 0 aromatic heterocycles. The van der Waals surface area contributed by atoms with E-state index in [-0.39, 0.29) is 12.2 Å². The number of ether oxygens (including phenoxy) is 2. The predicted octanol–water partition coefficient (Wildman–Crippen LogP) is 5.62. The summed E-state index contributed by atoms with van der Waals surface area (Å²) in [6, 6.07) is 0. The van der Waals surface area contributed by atoms with Crippen LogP contribution < -0.4 is 9.47 Å². The van der Waals surface area contributed by atoms with Gasteiger partial charge in [0.1, 0.15) is 0 Å². The van der Waals surface area contributed by atoms with Crippen molar-refractivity contribution in [2.24, 2.45) is 0 Å². The number of unbranched alkanes of at least 4 members (excludes halogenated alkanes) is 7. The molecule has 0 saturated carbocycles. The molecule has 1 aromatic carbocycles. The van der Waals surface area contributed by atoms with Crippen LogP contribution in [0.3, 0.4) is 0 Å². The topological polar surface area (TPSA) is 76.0 Å². The minimum absolute atomic E-state index is 0.143. The monoisotopic (exact) mass is 430 g/mol. The lowest BCUT2D eigenvalue weighted by Gasteiger charge is -2.18. The van der Waals surface area contributed by atoms with Crippen LogP contribution in [0.4, 0.5) is 0 Å². The zero-order chi connectivity index (χ0) is 19.5. The number of hydrogen-bond acceptors (Lipinski definition) is 4. The molecular formula is C20H31BrO5. The van der Waals surface area contributed by atoms with Crippen LogP contribution in [-0.4, -0.2) is 30.4 Å². The molecule has 0 aliphatic rings. The lowest BCUT2D eigenvalue weighted by Crippen LogP contribution is -2.00. The summed E-state index contributed by atoms with van der Waals surface area (Å²) in [5.74, 6) is 0.340. The second-order valence-electron chi connectivity index (χ2n) is 6.55. The molecule has 0 amide bonds. The third-order valence-electron chi connectivity index (χ3n) is 4.67. The van der Waals surface area contributed by atoms with E-state index in [1.54, 1.807) is 7.11 Å². The highest BCUT2D eigenvalue weighted by atomic mass is 79.9. The Balaban J connectivity index is 2.38. The van der Waals surface area contributed by atoms with Crippen molar-refractivity contribution in [1.29, 1.82) is 0 Å². The summed E-state index contributed by atoms with van der Waals surface area (Å²) >= 11 is 3.59. The van der Waals surface area contributed by atoms with Crippen LogP contribution in [0.1, 0.15) is 68.9 Å². The van der Waals surface area contributed by atoms with E-state index in [9.17, 15) is 9.90 Å². The number of rotatable bonds is 13. The molecule has 0 atom stereocenters. The number of carboxylic acid groups (broad SMARTS) is 1. The van der Waals surface area contributed by atoms with Gasteiger partial charge in [-0.25, -0.2) is 0 Å². The molecule has 1 aromatic rings. The number of carboxylic acids is 1. The molecule has 0 unspecified atom stereocenters. The summed E-state index contributed by atoms with van der Waals surface area (Å²) < 4.78 is 11.5. The van der Waals surface area contributed by atoms with Crippen molar-refractivity contribution in [2.45, 2.75) is 71.1 Å². The van der Waals surface area contributed by atoms with Crippen LogP contribution >= 0.6 is 15.9 Å². The first-order valence-corrected chi connectivity index (χ1v) is 10.1. The Hall–Kier alpha value is -1.43. The van der Waals surface area contributed by atoms with Crippen molar-refractivity contribution < 1.29 is 24.5 Å². The lowest BCUT2D eigenvalue weighted by atomic mass is 9.99. The van der Waals surface area contributed by atoms with Gasteiger partial charge >= 0.3 is 5.97 Å². The average molecular weight is 431 g/mol. The van der Waals surface area contributed by atoms with Crippen LogP contribution in [0.15, 0.2) is 4.47 Å². The van der Waals surface area contributed by atoms with Gasteiger partial charge in [0.2, 0.25) is 5.75 Å². The maximum absolute atomic E-state index is 10.4. The van der Waals surface area contributed by atoms with Crippen LogP contribution in [0, 0.1) is 6.92 Å². The fourth-order valence-electron chi connectivity index (χ4n) is 3.13. The Morgan fingerprint density at radius 3 is 1.92 bits per heavy atom. The summed E-state index contributed by atoms with van der Waals surface area (Å²) in [6.45, 7) is 1.90. The molecule has 1 rings (SSSR count). The van der Waals surface area contributed by atoms with Gasteiger partial charge in [0.25, 0.3) is 0 Å². The van der Waals surface area contributed by atoms with Crippen molar-refractivity contribution >= 4 is 21.9 Å². The van der Waals surface area contributed by atoms with Crippen LogP contribution in [0.25, 0.3) is 0 Å². The number of methoxy groups -OCH3 is 2. The number of phenols is 1. The fraction of sp³-hybridized carbons (Fsp3) is 0.650. The number of hydrogen-bond donors (Lipinski definition) is 2. The zero-order valence-electron chi connectivity index (χ0n) is 16.1. The van der Waals surface area contributed by atoms with Gasteiger partial charge in [-0.3, -0.25) is 4.79 Å². The third-order valence-corrected chi connectivity index (χ3v) is 5.51. The van der Waals surface area contributed by atoms with Gasteiger partial charge in [-0.1, -0.05) is 38.5 Å². The Morgan fingerprint density at radius 2 is 1.42 bits per heavy atom. The van der Waals surface area contributed by atoms with E-state index in [0.29, 0.717) is 11.5 Å². The Labute approximate surface area is 164 Å². The average Bonchev–Trinajstić information content (AvgIpc) is 2.61. The van der Waals surface area contributed by atoms with Gasteiger partial charge in [0.05, 0.1) is 18.7 Å². The maximum atomic E-state index is 10.4. The number of benzene rings is 1. The highest BCUT2D eigenvalue weighted by Crippen LogP contribution is 2.47. The highest BCUT2D eigenvalue weighted by Gasteiger charge is 2.21. The zero-order valence-corrected chi connectivity index (χ0v) is 17.7. The number of aromatic hydroxyl groups is 1. The molecular weight excluding hydrogens is 400 g/mol. The van der Waals surface area contributed by atoms with E-state index in [1.165, 1.54) is 26.4 Å². The van der Waals surface area contributed by atoms with Gasteiger partial charge in [0.15, 0.2) is 11.5 Å². The van der Waals surface area contributed by atoms with Gasteiger partial charge in [-0.2, -0.15) is 0 Å². The molecule has 0 fully saturated rings. The molecule has 0 radical (unpaired) electrons. The van der Waals surface area contributed by atoms with Gasteiger partial charge in [0, 0.05) is 6.42 Å². The molecule has 148 valence electrons. The summed E-state index contributed by atoms with van der Waals surface area (Å²) in [5.41, 5.74) is 1.89. The largest absolute Gasteiger partial charge is 0.504 e. The molecule has 0 bridgehead atoms. The van der Waals surface area contributed by atoms with Crippen molar-refractivity contribution in [2.75, 3.05) is 14.2 Å². The Kier molecular flexibility index (Phi) is 10.5. The predicted molar refractivity (Wildman–Crippen MR) is 107 cm³/mol. The molecule has 0 spiro atoms. The van der Waals surface area contributed by atoms with Gasteiger partial charge < -0.3 is 19.7 Å². The number of carbonyl (C=O) groups is 1. The second kappa shape index (κ2) is 12.0. The Bertz CT molecular complexity index is 586. The summed E-state index contributed by atoms with van der Waals surface area (Å²) in [7, 11) is 3.09. The number of halogens is 1. The molecule has 6 heteroatoms. The minimum Gasteiger partial charge on any atom is -0.504 e. The Morgan fingerprint density at radius 1 is 0.923 bits per heavy atom.